The van der Waals surface area contributed by atoms with Crippen LogP contribution in [0.4, 0.5) is 14.6 Å². The molecular weight excluding hydrogens is 412 g/mol. The van der Waals surface area contributed by atoms with Gasteiger partial charge in [-0.05, 0) is 11.6 Å². The Morgan fingerprint density at radius 3 is 2.97 bits per heavy atom. The van der Waals surface area contributed by atoms with E-state index in [4.69, 9.17) is 4.74 Å². The Morgan fingerprint density at radius 2 is 2.19 bits per heavy atom. The van der Waals surface area contributed by atoms with Gasteiger partial charge in [0.2, 0.25) is 0 Å². The molecule has 0 spiro atoms. The van der Waals surface area contributed by atoms with Crippen LogP contribution in [0.2, 0.25) is 0 Å². The summed E-state index contributed by atoms with van der Waals surface area (Å²) in [6.45, 7) is 0.316. The molecule has 5 rings (SSSR count). The molecular formula is C19H19F2N7O3. The summed E-state index contributed by atoms with van der Waals surface area (Å²) in [6.07, 6.45) is 1.82. The first-order chi connectivity index (χ1) is 15.0. The van der Waals surface area contributed by atoms with Crippen LogP contribution in [0.25, 0.3) is 11.0 Å². The number of rotatable bonds is 4. The fraction of sp³-hybridized carbons (Fsp3) is 0.421. The number of carbonyl (C=O) groups excluding carboxylic acids is 1. The molecule has 2 aliphatic rings. The van der Waals surface area contributed by atoms with Crippen molar-refractivity contribution in [2.45, 2.75) is 30.8 Å². The Hall–Kier alpha value is -3.25. The number of hydrogen-bond acceptors (Lipinski definition) is 8. The van der Waals surface area contributed by atoms with E-state index in [1.54, 1.807) is 0 Å². The van der Waals surface area contributed by atoms with Crippen LogP contribution >= 0.6 is 0 Å². The number of nitrogens with one attached hydrogen (secondary N) is 2. The third kappa shape index (κ3) is 3.57. The van der Waals surface area contributed by atoms with Crippen LogP contribution in [-0.2, 0) is 4.74 Å². The van der Waals surface area contributed by atoms with Crippen molar-refractivity contribution in [2.24, 2.45) is 0 Å². The largest absolute Gasteiger partial charge is 0.388 e. The summed E-state index contributed by atoms with van der Waals surface area (Å²) in [5, 5.41) is 20.2. The topological polar surface area (TPSA) is 129 Å². The van der Waals surface area contributed by atoms with Gasteiger partial charge in [0.15, 0.2) is 11.3 Å². The van der Waals surface area contributed by atoms with Gasteiger partial charge in [0.05, 0.1) is 49.5 Å². The van der Waals surface area contributed by atoms with E-state index in [0.29, 0.717) is 22.4 Å². The van der Waals surface area contributed by atoms with Gasteiger partial charge in [-0.3, -0.25) is 14.9 Å². The van der Waals surface area contributed by atoms with Gasteiger partial charge in [-0.15, -0.1) is 0 Å². The van der Waals surface area contributed by atoms with Crippen molar-refractivity contribution in [3.63, 3.8) is 0 Å². The number of H-pyrrole nitrogens is 1. The number of likely N-dealkylation sites (tertiary alicyclic amines) is 1. The molecule has 0 unspecified atom stereocenters. The van der Waals surface area contributed by atoms with Gasteiger partial charge in [0.25, 0.3) is 5.91 Å². The molecule has 12 heteroatoms. The van der Waals surface area contributed by atoms with Crippen molar-refractivity contribution < 1.29 is 23.4 Å². The van der Waals surface area contributed by atoms with E-state index >= 15 is 0 Å². The number of aromatic amines is 1. The molecule has 3 aromatic rings. The number of pyridine rings is 1. The summed E-state index contributed by atoms with van der Waals surface area (Å²) in [5.41, 5.74) is 0.735. The van der Waals surface area contributed by atoms with Gasteiger partial charge in [-0.25, -0.2) is 18.7 Å². The van der Waals surface area contributed by atoms with Crippen molar-refractivity contribution in [1.82, 2.24) is 30.0 Å². The summed E-state index contributed by atoms with van der Waals surface area (Å²) >= 11 is 0. The van der Waals surface area contributed by atoms with Crippen LogP contribution in [0.5, 0.6) is 0 Å². The molecule has 4 atom stereocenters. The Kier molecular flexibility index (Phi) is 4.94. The molecule has 3 aromatic heterocycles. The molecule has 0 aliphatic carbocycles. The lowest BCUT2D eigenvalue weighted by molar-refractivity contribution is 0.0724. The minimum absolute atomic E-state index is 0.00923. The molecule has 2 saturated heterocycles. The van der Waals surface area contributed by atoms with E-state index in [1.807, 2.05) is 0 Å². The number of hydrogen-bond donors (Lipinski definition) is 3. The predicted octanol–water partition coefficient (Wildman–Crippen LogP) is 0.984. The van der Waals surface area contributed by atoms with Crippen molar-refractivity contribution >= 4 is 22.8 Å². The third-order valence-corrected chi connectivity index (χ3v) is 5.55. The number of carbonyl (C=O) groups is 1. The molecule has 10 nitrogen and oxygen atoms in total. The molecule has 162 valence electrons. The van der Waals surface area contributed by atoms with E-state index in [2.05, 4.69) is 30.5 Å². The van der Waals surface area contributed by atoms with Gasteiger partial charge in [-0.2, -0.15) is 5.10 Å². The number of aliphatic hydroxyl groups is 1. The zero-order valence-corrected chi connectivity index (χ0v) is 16.2. The number of aromatic nitrogens is 5. The minimum atomic E-state index is -1.26. The Bertz CT molecular complexity index is 1130. The monoisotopic (exact) mass is 431 g/mol. The van der Waals surface area contributed by atoms with E-state index in [9.17, 15) is 18.7 Å². The summed E-state index contributed by atoms with van der Waals surface area (Å²) in [4.78, 5) is 26.8. The first kappa shape index (κ1) is 19.7. The maximum atomic E-state index is 14.3. The van der Waals surface area contributed by atoms with Gasteiger partial charge < -0.3 is 20.1 Å². The highest BCUT2D eigenvalue weighted by atomic mass is 19.1. The van der Waals surface area contributed by atoms with Crippen LogP contribution in [0.3, 0.4) is 0 Å². The highest BCUT2D eigenvalue weighted by Gasteiger charge is 2.39. The average Bonchev–Trinajstić information content (AvgIpc) is 3.47. The van der Waals surface area contributed by atoms with Crippen molar-refractivity contribution in [2.75, 3.05) is 25.1 Å². The summed E-state index contributed by atoms with van der Waals surface area (Å²) in [5.74, 6) is -0.798. The Labute approximate surface area is 174 Å². The average molecular weight is 431 g/mol. The van der Waals surface area contributed by atoms with Crippen molar-refractivity contribution in [1.29, 1.82) is 0 Å². The normalized spacial score (nSPS) is 26.0. The zero-order chi connectivity index (χ0) is 21.5. The molecule has 2 aliphatic heterocycles. The molecule has 3 N–H and O–H groups in total. The number of ether oxygens (including phenoxy) is 1. The fourth-order valence-electron chi connectivity index (χ4n) is 4.05. The smallest absolute Gasteiger partial charge is 0.275 e. The SMILES string of the molecule is O=C(c1n[nH]c2ncnc(N[C@@H]3COC[C@H]3O)c12)N1C[C@@H](F)C[C@@H]1c1cncc(F)c1. The first-order valence-electron chi connectivity index (χ1n) is 9.78. The van der Waals surface area contributed by atoms with Crippen LogP contribution in [0.15, 0.2) is 24.8 Å². The summed E-state index contributed by atoms with van der Waals surface area (Å²) < 4.78 is 33.2. The van der Waals surface area contributed by atoms with Crippen molar-refractivity contribution in [3.05, 3.63) is 41.9 Å². The van der Waals surface area contributed by atoms with Gasteiger partial charge in [-0.1, -0.05) is 0 Å². The molecule has 0 saturated carbocycles. The lowest BCUT2D eigenvalue weighted by Crippen LogP contribution is -2.33. The number of amides is 1. The second kappa shape index (κ2) is 7.78. The van der Waals surface area contributed by atoms with Gasteiger partial charge in [0.1, 0.15) is 24.1 Å². The van der Waals surface area contributed by atoms with Crippen LogP contribution < -0.4 is 5.32 Å². The number of nitrogens with zero attached hydrogens (tertiary/aromatic N) is 5. The summed E-state index contributed by atoms with van der Waals surface area (Å²) in [6, 6.07) is 0.156. The van der Waals surface area contributed by atoms with Crippen molar-refractivity contribution in [3.8, 4) is 0 Å². The van der Waals surface area contributed by atoms with E-state index in [1.165, 1.54) is 23.5 Å². The standard InChI is InChI=1S/C19H19F2N7O3/c20-10-1-9(3-22-4-10)13-2-11(21)5-28(13)19(30)16-15-17(23-8-24-18(15)27-26-16)25-12-6-31-7-14(12)29/h1,3-4,8,11-14,29H,2,5-7H2,(H2,23,24,25,26,27)/t11-,12+,13+,14+/m0/s1. The van der Waals surface area contributed by atoms with Gasteiger partial charge >= 0.3 is 0 Å². The number of anilines is 1. The third-order valence-electron chi connectivity index (χ3n) is 5.55. The number of aliphatic hydroxyl groups excluding tert-OH is 1. The van der Waals surface area contributed by atoms with E-state index < -0.39 is 36.1 Å². The molecule has 5 heterocycles. The number of halogens is 2. The zero-order valence-electron chi connectivity index (χ0n) is 16.2. The lowest BCUT2D eigenvalue weighted by Gasteiger charge is -2.24. The molecule has 0 bridgehead atoms. The first-order valence-corrected chi connectivity index (χ1v) is 9.78. The highest BCUT2D eigenvalue weighted by Crippen LogP contribution is 2.36. The van der Waals surface area contributed by atoms with E-state index in [0.717, 1.165) is 6.20 Å². The molecule has 0 aromatic carbocycles. The molecule has 1 amide bonds. The Balaban J connectivity index is 1.50. The van der Waals surface area contributed by atoms with Crippen LogP contribution in [-0.4, -0.2) is 79.1 Å². The predicted molar refractivity (Wildman–Crippen MR) is 103 cm³/mol. The highest BCUT2D eigenvalue weighted by molar-refractivity contribution is 6.07. The van der Waals surface area contributed by atoms with Gasteiger partial charge in [0, 0.05) is 12.6 Å². The minimum Gasteiger partial charge on any atom is -0.388 e. The second-order valence-corrected chi connectivity index (χ2v) is 7.62. The van der Waals surface area contributed by atoms with Crippen LogP contribution in [0, 0.1) is 5.82 Å². The molecule has 0 radical (unpaired) electrons. The van der Waals surface area contributed by atoms with Crippen LogP contribution in [0.1, 0.15) is 28.5 Å². The maximum absolute atomic E-state index is 14.3. The number of fused-ring (bicyclic) bond motifs is 1. The Morgan fingerprint density at radius 1 is 1.32 bits per heavy atom. The lowest BCUT2D eigenvalue weighted by atomic mass is 10.1. The molecule has 31 heavy (non-hydrogen) atoms. The second-order valence-electron chi connectivity index (χ2n) is 7.62. The van der Waals surface area contributed by atoms with E-state index in [-0.39, 0.29) is 31.9 Å². The molecule has 2 fully saturated rings. The summed E-state index contributed by atoms with van der Waals surface area (Å²) in [7, 11) is 0. The quantitative estimate of drug-likeness (QED) is 0.558. The fourth-order valence-corrected chi connectivity index (χ4v) is 4.05. The maximum Gasteiger partial charge on any atom is 0.275 e. The number of alkyl halides is 1.